The van der Waals surface area contributed by atoms with Crippen molar-refractivity contribution in [2.75, 3.05) is 13.7 Å². The minimum atomic E-state index is -0.753. The summed E-state index contributed by atoms with van der Waals surface area (Å²) in [5.74, 6) is 0.0474. The zero-order valence-electron chi connectivity index (χ0n) is 29.2. The number of carbonyl (C=O) groups excluding carboxylic acids is 4. The Bertz CT molecular complexity index is 1270. The first-order valence-electron chi connectivity index (χ1n) is 17.2. The lowest BCUT2D eigenvalue weighted by Crippen LogP contribution is -2.69. The molecule has 252 valence electrons. The van der Waals surface area contributed by atoms with E-state index in [9.17, 15) is 19.2 Å². The van der Waals surface area contributed by atoms with Gasteiger partial charge in [0.1, 0.15) is 18.8 Å². The van der Waals surface area contributed by atoms with Crippen molar-refractivity contribution in [2.45, 2.75) is 126 Å². The topological polar surface area (TPSA) is 105 Å². The second kappa shape index (κ2) is 11.4. The summed E-state index contributed by atoms with van der Waals surface area (Å²) in [4.78, 5) is 50.7. The Morgan fingerprint density at radius 3 is 2.11 bits per heavy atom. The van der Waals surface area contributed by atoms with Crippen LogP contribution < -0.4 is 0 Å². The molecule has 0 aromatic carbocycles. The van der Waals surface area contributed by atoms with Crippen LogP contribution >= 0.6 is 0 Å². The van der Waals surface area contributed by atoms with Gasteiger partial charge in [-0.3, -0.25) is 19.2 Å². The maximum atomic E-state index is 13.6. The Kier molecular flexibility index (Phi) is 8.60. The normalized spacial score (nSPS) is 47.0. The quantitative estimate of drug-likeness (QED) is 0.185. The molecule has 4 fully saturated rings. The van der Waals surface area contributed by atoms with Gasteiger partial charge in [-0.25, -0.2) is 0 Å². The smallest absolute Gasteiger partial charge is 0.312 e. The Balaban J connectivity index is 1.63. The van der Waals surface area contributed by atoms with Gasteiger partial charge in [0.05, 0.1) is 12.5 Å². The second-order valence-electron chi connectivity index (χ2n) is 16.5. The summed E-state index contributed by atoms with van der Waals surface area (Å²) < 4.78 is 23.2. The number of hydrogen-bond donors (Lipinski definition) is 0. The number of hydrogen-bond acceptors (Lipinski definition) is 8. The van der Waals surface area contributed by atoms with Crippen molar-refractivity contribution in [3.63, 3.8) is 0 Å². The molecule has 0 N–H and O–H groups in total. The molecule has 0 heterocycles. The van der Waals surface area contributed by atoms with Crippen LogP contribution in [0, 0.1) is 56.7 Å². The molecule has 0 amide bonds. The number of ether oxygens (including phenoxy) is 4. The molecule has 0 spiro atoms. The minimum absolute atomic E-state index is 0.0496. The molecule has 0 aromatic heterocycles. The third-order valence-corrected chi connectivity index (χ3v) is 14.5. The number of carbonyl (C=O) groups is 4. The first-order valence-corrected chi connectivity index (χ1v) is 17.2. The summed E-state index contributed by atoms with van der Waals surface area (Å²) in [7, 11) is 1.54. The van der Waals surface area contributed by atoms with E-state index in [2.05, 4.69) is 40.7 Å². The minimum Gasteiger partial charge on any atom is -0.469 e. The highest BCUT2D eigenvalue weighted by molar-refractivity contribution is 5.78. The number of fused-ring (bicyclic) bond motifs is 7. The molecule has 5 aliphatic rings. The molecule has 0 saturated heterocycles. The lowest BCUT2D eigenvalue weighted by Gasteiger charge is -2.71. The van der Waals surface area contributed by atoms with Gasteiger partial charge >= 0.3 is 23.9 Å². The van der Waals surface area contributed by atoms with Gasteiger partial charge in [-0.2, -0.15) is 0 Å². The van der Waals surface area contributed by atoms with Gasteiger partial charge in [0.2, 0.25) is 0 Å². The highest BCUT2D eigenvalue weighted by Crippen LogP contribution is 2.76. The fraction of sp³-hybridized carbons (Fsp3) is 0.838. The molecule has 0 bridgehead atoms. The predicted octanol–water partition coefficient (Wildman–Crippen LogP) is 6.83. The summed E-state index contributed by atoms with van der Waals surface area (Å²) in [5.41, 5.74) is -0.272. The molecule has 8 heteroatoms. The molecule has 0 aromatic rings. The molecule has 4 saturated carbocycles. The van der Waals surface area contributed by atoms with Crippen LogP contribution in [0.1, 0.15) is 114 Å². The molecule has 8 nitrogen and oxygen atoms in total. The third kappa shape index (κ3) is 4.89. The Hall–Kier alpha value is -2.38. The lowest BCUT2D eigenvalue weighted by molar-refractivity contribution is -0.256. The van der Waals surface area contributed by atoms with Crippen molar-refractivity contribution >= 4 is 23.9 Å². The molecule has 0 unspecified atom stereocenters. The molecule has 5 rings (SSSR count). The van der Waals surface area contributed by atoms with Crippen molar-refractivity contribution in [2.24, 2.45) is 56.7 Å². The van der Waals surface area contributed by atoms with Gasteiger partial charge in [-0.15, -0.1) is 0 Å². The maximum Gasteiger partial charge on any atom is 0.312 e. The zero-order valence-corrected chi connectivity index (χ0v) is 29.2. The summed E-state index contributed by atoms with van der Waals surface area (Å²) in [6.45, 7) is 18.2. The van der Waals surface area contributed by atoms with Crippen LogP contribution in [0.3, 0.4) is 0 Å². The zero-order chi connectivity index (χ0) is 33.3. The van der Waals surface area contributed by atoms with E-state index in [0.717, 1.165) is 44.9 Å². The average Bonchev–Trinajstić information content (AvgIpc) is 2.95. The van der Waals surface area contributed by atoms with E-state index >= 15 is 0 Å². The Morgan fingerprint density at radius 1 is 0.844 bits per heavy atom. The van der Waals surface area contributed by atoms with Gasteiger partial charge in [-0.05, 0) is 97.2 Å². The molecule has 5 aliphatic carbocycles. The molecule has 0 radical (unpaired) electrons. The van der Waals surface area contributed by atoms with E-state index in [1.807, 2.05) is 6.92 Å². The van der Waals surface area contributed by atoms with Gasteiger partial charge in [0.25, 0.3) is 0 Å². The van der Waals surface area contributed by atoms with Crippen LogP contribution in [-0.4, -0.2) is 49.8 Å². The van der Waals surface area contributed by atoms with Gasteiger partial charge in [0.15, 0.2) is 0 Å². The molecule has 12 atom stereocenters. The summed E-state index contributed by atoms with van der Waals surface area (Å²) in [5, 5.41) is 0. The highest BCUT2D eigenvalue weighted by atomic mass is 16.6. The van der Waals surface area contributed by atoms with Crippen molar-refractivity contribution in [3.05, 3.63) is 11.6 Å². The van der Waals surface area contributed by atoms with Crippen LogP contribution in [0.2, 0.25) is 0 Å². The molecule has 45 heavy (non-hydrogen) atoms. The third-order valence-electron chi connectivity index (χ3n) is 14.5. The van der Waals surface area contributed by atoms with Gasteiger partial charge in [0, 0.05) is 26.2 Å². The fourth-order valence-corrected chi connectivity index (χ4v) is 12.1. The van der Waals surface area contributed by atoms with E-state index in [1.165, 1.54) is 33.5 Å². The van der Waals surface area contributed by atoms with E-state index in [0.29, 0.717) is 18.3 Å². The van der Waals surface area contributed by atoms with Crippen molar-refractivity contribution in [3.8, 4) is 0 Å². The van der Waals surface area contributed by atoms with Crippen LogP contribution in [0.25, 0.3) is 0 Å². The van der Waals surface area contributed by atoms with E-state index in [1.54, 1.807) is 0 Å². The van der Waals surface area contributed by atoms with E-state index in [4.69, 9.17) is 18.9 Å². The number of methoxy groups -OCH3 is 1. The summed E-state index contributed by atoms with van der Waals surface area (Å²) in [6.07, 6.45) is 8.01. The van der Waals surface area contributed by atoms with Crippen LogP contribution in [0.4, 0.5) is 0 Å². The molecular weight excluding hydrogens is 572 g/mol. The van der Waals surface area contributed by atoms with E-state index < -0.39 is 35.0 Å². The Morgan fingerprint density at radius 2 is 1.51 bits per heavy atom. The summed E-state index contributed by atoms with van der Waals surface area (Å²) in [6, 6.07) is 0. The van der Waals surface area contributed by atoms with Crippen LogP contribution in [-0.2, 0) is 38.1 Å². The van der Waals surface area contributed by atoms with Gasteiger partial charge < -0.3 is 18.9 Å². The van der Waals surface area contributed by atoms with E-state index in [-0.39, 0.29) is 52.5 Å². The van der Waals surface area contributed by atoms with Crippen molar-refractivity contribution in [1.82, 2.24) is 0 Å². The second-order valence-corrected chi connectivity index (χ2v) is 16.5. The fourth-order valence-electron chi connectivity index (χ4n) is 12.1. The number of allylic oxidation sites excluding steroid dienone is 2. The highest BCUT2D eigenvalue weighted by Gasteiger charge is 2.72. The SMILES string of the molecule is COC(=O)[C@]12CC[C@@H](C)[C@H](C)[C@H]1C1=CC[C@@H]3[C@@]4(C)C[C@@H](OC(C)=O)[C@H](OC(C)=O)[C@@](C)(COC(C)=O)[C@@H]4CC[C@@]3(C)[C@]1(C)CC2. The standard InChI is InChI=1S/C37H56O8/c1-21-13-16-37(32(41)42-10)18-17-35(8)26(30(37)22(21)2)11-12-29-33(6)19-27(44-24(4)39)31(45-25(5)40)34(7,20-43-23(3)38)28(33)14-15-36(29,35)9/h11,21-22,27-31H,12-20H2,1-10H3/t21-,22+,27-,28-,29-,30+,31+,33+,34+,35-,36-,37+/m1/s1. The number of esters is 4. The predicted molar refractivity (Wildman–Crippen MR) is 168 cm³/mol. The lowest BCUT2D eigenvalue weighted by atomic mass is 9.33. The number of rotatable bonds is 5. The average molecular weight is 629 g/mol. The van der Waals surface area contributed by atoms with Crippen molar-refractivity contribution in [1.29, 1.82) is 0 Å². The maximum absolute atomic E-state index is 13.6. The largest absolute Gasteiger partial charge is 0.469 e. The van der Waals surface area contributed by atoms with Crippen LogP contribution in [0.5, 0.6) is 0 Å². The first kappa shape index (κ1) is 34.0. The molecular formula is C37H56O8. The van der Waals surface area contributed by atoms with Crippen molar-refractivity contribution < 1.29 is 38.1 Å². The van der Waals surface area contributed by atoms with Crippen LogP contribution in [0.15, 0.2) is 11.6 Å². The summed E-state index contributed by atoms with van der Waals surface area (Å²) >= 11 is 0. The van der Waals surface area contributed by atoms with Gasteiger partial charge in [-0.1, -0.05) is 53.2 Å². The monoisotopic (exact) mass is 628 g/mol. The molecule has 0 aliphatic heterocycles. The Labute approximate surface area is 269 Å². The first-order chi connectivity index (χ1) is 20.9.